The third kappa shape index (κ3) is 4.61. The topological polar surface area (TPSA) is 70.6 Å². The van der Waals surface area contributed by atoms with Crippen LogP contribution in [-0.4, -0.2) is 36.3 Å². The van der Waals surface area contributed by atoms with Crippen LogP contribution in [0.4, 0.5) is 5.69 Å². The lowest BCUT2D eigenvalue weighted by atomic mass is 9.88. The molecule has 1 heterocycles. The zero-order valence-electron chi connectivity index (χ0n) is 15.1. The van der Waals surface area contributed by atoms with Crippen LogP contribution in [0.25, 0.3) is 0 Å². The fourth-order valence-electron chi connectivity index (χ4n) is 3.77. The van der Waals surface area contributed by atoms with Gasteiger partial charge in [-0.15, -0.1) is 12.4 Å². The van der Waals surface area contributed by atoms with E-state index in [-0.39, 0.29) is 24.9 Å². The van der Waals surface area contributed by atoms with Crippen molar-refractivity contribution in [2.75, 3.05) is 18.5 Å². The predicted molar refractivity (Wildman–Crippen MR) is 108 cm³/mol. The minimum atomic E-state index is -0.590. The number of halogens is 1. The average molecular weight is 389 g/mol. The van der Waals surface area contributed by atoms with E-state index in [2.05, 4.69) is 34.9 Å². The number of hydrogen-bond donors (Lipinski definition) is 3. The first-order valence-corrected chi connectivity index (χ1v) is 9.22. The number of carbonyl (C=O) groups is 1. The summed E-state index contributed by atoms with van der Waals surface area (Å²) in [4.78, 5) is 11.5. The van der Waals surface area contributed by atoms with Crippen molar-refractivity contribution in [3.63, 3.8) is 0 Å². The molecular weight excluding hydrogens is 364 g/mol. The van der Waals surface area contributed by atoms with Crippen LogP contribution >= 0.6 is 12.4 Å². The van der Waals surface area contributed by atoms with Gasteiger partial charge < -0.3 is 20.5 Å². The second-order valence-corrected chi connectivity index (χ2v) is 7.09. The second-order valence-electron chi connectivity index (χ2n) is 7.09. The maximum atomic E-state index is 11.5. The minimum absolute atomic E-state index is 0. The minimum Gasteiger partial charge on any atom is -0.490 e. The van der Waals surface area contributed by atoms with Gasteiger partial charge >= 0.3 is 0 Å². The summed E-state index contributed by atoms with van der Waals surface area (Å²) in [7, 11) is 0. The molecule has 0 saturated heterocycles. The molecule has 2 aromatic carbocycles. The summed E-state index contributed by atoms with van der Waals surface area (Å²) in [5.74, 6) is 0.655. The van der Waals surface area contributed by atoms with Gasteiger partial charge in [-0.05, 0) is 42.5 Å². The number of ether oxygens (including phenoxy) is 1. The standard InChI is InChI=1S/C21H24N2O3.ClH/c24-17(12-22-16-9-8-14-4-1-2-5-15(14)10-16)13-26-20-7-3-6-19-18(20)11-21(25)23-19;/h1-7,16-17,22,24H,8-13H2,(H,23,25);1H. The number of nitrogens with one attached hydrogen (secondary N) is 2. The highest BCUT2D eigenvalue weighted by atomic mass is 35.5. The highest BCUT2D eigenvalue weighted by Gasteiger charge is 2.22. The largest absolute Gasteiger partial charge is 0.490 e. The zero-order chi connectivity index (χ0) is 17.9. The van der Waals surface area contributed by atoms with Gasteiger partial charge in [0.05, 0.1) is 6.42 Å². The van der Waals surface area contributed by atoms with Gasteiger partial charge in [0.15, 0.2) is 0 Å². The normalized spacial score (nSPS) is 18.7. The van der Waals surface area contributed by atoms with Crippen molar-refractivity contribution >= 4 is 24.0 Å². The quantitative estimate of drug-likeness (QED) is 0.711. The Morgan fingerprint density at radius 1 is 1.19 bits per heavy atom. The molecule has 0 fully saturated rings. The molecule has 2 aromatic rings. The summed E-state index contributed by atoms with van der Waals surface area (Å²) in [6.07, 6.45) is 2.92. The van der Waals surface area contributed by atoms with Gasteiger partial charge in [0.2, 0.25) is 5.91 Å². The van der Waals surface area contributed by atoms with E-state index in [4.69, 9.17) is 4.74 Å². The Morgan fingerprint density at radius 3 is 2.85 bits per heavy atom. The molecule has 1 aliphatic heterocycles. The molecule has 0 spiro atoms. The lowest BCUT2D eigenvalue weighted by molar-refractivity contribution is -0.115. The number of benzene rings is 2. The smallest absolute Gasteiger partial charge is 0.229 e. The van der Waals surface area contributed by atoms with Gasteiger partial charge in [-0.3, -0.25) is 4.79 Å². The maximum absolute atomic E-state index is 11.5. The highest BCUT2D eigenvalue weighted by Crippen LogP contribution is 2.31. The molecule has 4 rings (SSSR count). The van der Waals surface area contributed by atoms with Crippen molar-refractivity contribution in [2.45, 2.75) is 37.8 Å². The van der Waals surface area contributed by atoms with Crippen LogP contribution in [0.15, 0.2) is 42.5 Å². The van der Waals surface area contributed by atoms with Gasteiger partial charge in [-0.25, -0.2) is 0 Å². The van der Waals surface area contributed by atoms with Crippen LogP contribution in [0.3, 0.4) is 0 Å². The van der Waals surface area contributed by atoms with Crippen LogP contribution < -0.4 is 15.4 Å². The molecule has 5 nitrogen and oxygen atoms in total. The second kappa shape index (κ2) is 8.74. The van der Waals surface area contributed by atoms with Crippen molar-refractivity contribution in [3.8, 4) is 5.75 Å². The molecule has 1 aliphatic carbocycles. The predicted octanol–water partition coefficient (Wildman–Crippen LogP) is 2.49. The first kappa shape index (κ1) is 19.7. The van der Waals surface area contributed by atoms with Gasteiger partial charge in [0.25, 0.3) is 0 Å². The number of fused-ring (bicyclic) bond motifs is 2. The number of aliphatic hydroxyl groups is 1. The highest BCUT2D eigenvalue weighted by molar-refractivity contribution is 6.00. The van der Waals surface area contributed by atoms with Crippen LogP contribution in [0.1, 0.15) is 23.1 Å². The van der Waals surface area contributed by atoms with Gasteiger partial charge in [0, 0.05) is 23.8 Å². The monoisotopic (exact) mass is 388 g/mol. The van der Waals surface area contributed by atoms with Crippen LogP contribution in [0.2, 0.25) is 0 Å². The van der Waals surface area contributed by atoms with E-state index in [0.29, 0.717) is 24.8 Å². The SMILES string of the molecule is Cl.O=C1Cc2c(cccc2OCC(O)CNC2CCc3ccccc3C2)N1. The van der Waals surface area contributed by atoms with E-state index in [1.165, 1.54) is 11.1 Å². The fraction of sp³-hybridized carbons (Fsp3) is 0.381. The van der Waals surface area contributed by atoms with Crippen molar-refractivity contribution < 1.29 is 14.6 Å². The van der Waals surface area contributed by atoms with Gasteiger partial charge in [-0.2, -0.15) is 0 Å². The van der Waals surface area contributed by atoms with E-state index in [1.54, 1.807) is 0 Å². The van der Waals surface area contributed by atoms with E-state index >= 15 is 0 Å². The third-order valence-electron chi connectivity index (χ3n) is 5.16. The van der Waals surface area contributed by atoms with Gasteiger partial charge in [-0.1, -0.05) is 30.3 Å². The number of aryl methyl sites for hydroxylation is 1. The molecular formula is C21H25ClN2O3. The van der Waals surface area contributed by atoms with Crippen molar-refractivity contribution in [3.05, 3.63) is 59.2 Å². The number of anilines is 1. The molecule has 144 valence electrons. The number of aliphatic hydroxyl groups excluding tert-OH is 1. The lowest BCUT2D eigenvalue weighted by Crippen LogP contribution is -2.40. The number of hydrogen-bond acceptors (Lipinski definition) is 4. The number of rotatable bonds is 6. The molecule has 6 heteroatoms. The Balaban J connectivity index is 0.00000210. The fourth-order valence-corrected chi connectivity index (χ4v) is 3.77. The van der Waals surface area contributed by atoms with E-state index in [0.717, 1.165) is 30.5 Å². The Morgan fingerprint density at radius 2 is 2.00 bits per heavy atom. The Bertz CT molecular complexity index is 812. The molecule has 0 aromatic heterocycles. The first-order chi connectivity index (χ1) is 12.7. The van der Waals surface area contributed by atoms with E-state index < -0.39 is 6.10 Å². The molecule has 2 aliphatic rings. The summed E-state index contributed by atoms with van der Waals surface area (Å²) in [5.41, 5.74) is 4.53. The van der Waals surface area contributed by atoms with Crippen molar-refractivity contribution in [1.29, 1.82) is 0 Å². The lowest BCUT2D eigenvalue weighted by Gasteiger charge is -2.26. The summed E-state index contributed by atoms with van der Waals surface area (Å²) < 4.78 is 5.77. The molecule has 1 amide bonds. The van der Waals surface area contributed by atoms with E-state index in [1.807, 2.05) is 18.2 Å². The molecule has 27 heavy (non-hydrogen) atoms. The Hall–Kier alpha value is -2.08. The molecule has 3 N–H and O–H groups in total. The molecule has 0 bridgehead atoms. The van der Waals surface area contributed by atoms with Crippen LogP contribution in [0.5, 0.6) is 5.75 Å². The summed E-state index contributed by atoms with van der Waals surface area (Å²) in [6, 6.07) is 14.5. The third-order valence-corrected chi connectivity index (χ3v) is 5.16. The summed E-state index contributed by atoms with van der Waals surface area (Å²) in [5, 5.41) is 16.5. The molecule has 2 atom stereocenters. The summed E-state index contributed by atoms with van der Waals surface area (Å²) >= 11 is 0. The molecule has 2 unspecified atom stereocenters. The summed E-state index contributed by atoms with van der Waals surface area (Å²) in [6.45, 7) is 0.708. The first-order valence-electron chi connectivity index (χ1n) is 9.22. The maximum Gasteiger partial charge on any atom is 0.229 e. The Labute approximate surface area is 165 Å². The zero-order valence-corrected chi connectivity index (χ0v) is 15.9. The van der Waals surface area contributed by atoms with E-state index in [9.17, 15) is 9.90 Å². The molecule has 0 radical (unpaired) electrons. The number of amides is 1. The number of carbonyl (C=O) groups excluding carboxylic acids is 1. The van der Waals surface area contributed by atoms with Crippen molar-refractivity contribution in [2.24, 2.45) is 0 Å². The average Bonchev–Trinajstić information content (AvgIpc) is 3.05. The Kier molecular flexibility index (Phi) is 6.37. The molecule has 0 saturated carbocycles. The van der Waals surface area contributed by atoms with Crippen LogP contribution in [0, 0.1) is 0 Å². The van der Waals surface area contributed by atoms with Crippen molar-refractivity contribution in [1.82, 2.24) is 5.32 Å². The van der Waals surface area contributed by atoms with Gasteiger partial charge in [0.1, 0.15) is 18.5 Å². The van der Waals surface area contributed by atoms with Crippen LogP contribution in [-0.2, 0) is 24.1 Å².